The Morgan fingerprint density at radius 1 is 1.15 bits per heavy atom. The first kappa shape index (κ1) is 22.5. The number of imidazole rings is 1. The number of hydrogen-bond donors (Lipinski definition) is 2. The number of carbonyl (C=O) groups excluding carboxylic acids is 1. The molecule has 0 saturated heterocycles. The fourth-order valence-electron chi connectivity index (χ4n) is 3.12. The average Bonchev–Trinajstić information content (AvgIpc) is 3.39. The van der Waals surface area contributed by atoms with E-state index in [0.717, 1.165) is 12.1 Å². The number of nitrogens with zero attached hydrogens (tertiary/aromatic N) is 4. The van der Waals surface area contributed by atoms with Crippen molar-refractivity contribution in [2.45, 2.75) is 39.9 Å². The van der Waals surface area contributed by atoms with Crippen LogP contribution in [0.3, 0.4) is 0 Å². The Morgan fingerprint density at radius 2 is 1.91 bits per heavy atom. The van der Waals surface area contributed by atoms with E-state index < -0.39 is 11.7 Å². The molecule has 3 heterocycles. The van der Waals surface area contributed by atoms with Gasteiger partial charge < -0.3 is 14.9 Å². The lowest BCUT2D eigenvalue weighted by molar-refractivity contribution is -0.137. The van der Waals surface area contributed by atoms with Gasteiger partial charge in [0.05, 0.1) is 23.7 Å². The fraction of sp³-hybridized carbons (Fsp3) is 0.304. The number of H-pyrrole nitrogens is 1. The molecule has 0 unspecified atom stereocenters. The van der Waals surface area contributed by atoms with E-state index >= 15 is 0 Å². The van der Waals surface area contributed by atoms with Crippen LogP contribution in [0, 0.1) is 5.41 Å². The second-order valence-corrected chi connectivity index (χ2v) is 8.93. The number of rotatable bonds is 4. The van der Waals surface area contributed by atoms with Crippen LogP contribution in [0.5, 0.6) is 0 Å². The molecular formula is C23H23F3N6O. The average molecular weight is 456 g/mol. The number of carbonyl (C=O) groups is 1. The quantitative estimate of drug-likeness (QED) is 0.453. The van der Waals surface area contributed by atoms with Gasteiger partial charge in [0.2, 0.25) is 0 Å². The molecule has 10 heteroatoms. The summed E-state index contributed by atoms with van der Waals surface area (Å²) in [5.41, 5.74) is 1.45. The number of alkyl halides is 3. The lowest BCUT2D eigenvalue weighted by Crippen LogP contribution is -2.41. The van der Waals surface area contributed by atoms with Crippen LogP contribution >= 0.6 is 0 Å². The van der Waals surface area contributed by atoms with Gasteiger partial charge in [-0.1, -0.05) is 26.8 Å². The molecule has 7 nitrogen and oxygen atoms in total. The van der Waals surface area contributed by atoms with Gasteiger partial charge in [-0.3, -0.25) is 4.79 Å². The number of aromatic nitrogens is 5. The Balaban J connectivity index is 1.65. The van der Waals surface area contributed by atoms with Crippen LogP contribution < -0.4 is 5.32 Å². The van der Waals surface area contributed by atoms with Crippen molar-refractivity contribution >= 4 is 17.1 Å². The monoisotopic (exact) mass is 456 g/mol. The fourth-order valence-corrected chi connectivity index (χ4v) is 3.12. The molecule has 0 spiro atoms. The molecule has 0 saturated carbocycles. The Morgan fingerprint density at radius 3 is 2.61 bits per heavy atom. The number of amides is 1. The summed E-state index contributed by atoms with van der Waals surface area (Å²) in [7, 11) is 0. The van der Waals surface area contributed by atoms with Crippen LogP contribution in [0.15, 0.2) is 49.2 Å². The minimum absolute atomic E-state index is 0.0748. The van der Waals surface area contributed by atoms with Crippen LogP contribution in [0.25, 0.3) is 28.2 Å². The summed E-state index contributed by atoms with van der Waals surface area (Å²) < 4.78 is 40.6. The van der Waals surface area contributed by atoms with Crippen molar-refractivity contribution in [3.63, 3.8) is 0 Å². The number of nitrogens with one attached hydrogen (secondary N) is 2. The normalized spacial score (nSPS) is 13.3. The van der Waals surface area contributed by atoms with Crippen molar-refractivity contribution in [2.75, 3.05) is 0 Å². The molecule has 1 atom stereocenters. The van der Waals surface area contributed by atoms with E-state index in [-0.39, 0.29) is 17.4 Å². The zero-order valence-electron chi connectivity index (χ0n) is 18.5. The van der Waals surface area contributed by atoms with Crippen molar-refractivity contribution in [3.8, 4) is 17.1 Å². The summed E-state index contributed by atoms with van der Waals surface area (Å²) in [4.78, 5) is 28.9. The topological polar surface area (TPSA) is 88.5 Å². The van der Waals surface area contributed by atoms with Gasteiger partial charge in [-0.15, -0.1) is 0 Å². The number of aromatic amines is 1. The van der Waals surface area contributed by atoms with Crippen molar-refractivity contribution < 1.29 is 18.0 Å². The zero-order valence-corrected chi connectivity index (χ0v) is 18.5. The van der Waals surface area contributed by atoms with Crippen molar-refractivity contribution in [3.05, 3.63) is 60.3 Å². The maximum atomic E-state index is 13.0. The summed E-state index contributed by atoms with van der Waals surface area (Å²) in [6, 6.07) is 4.88. The molecule has 1 aromatic carbocycles. The molecule has 4 aromatic rings. The third-order valence-electron chi connectivity index (χ3n) is 5.59. The van der Waals surface area contributed by atoms with Crippen LogP contribution in [-0.2, 0) is 6.18 Å². The molecule has 4 rings (SSSR count). The largest absolute Gasteiger partial charge is 0.416 e. The second-order valence-electron chi connectivity index (χ2n) is 8.93. The molecule has 3 aromatic heterocycles. The first-order valence-corrected chi connectivity index (χ1v) is 10.3. The number of fused-ring (bicyclic) bond motifs is 1. The molecular weight excluding hydrogens is 433 g/mol. The van der Waals surface area contributed by atoms with Crippen LogP contribution in [0.1, 0.15) is 43.6 Å². The minimum Gasteiger partial charge on any atom is -0.349 e. The third kappa shape index (κ3) is 4.59. The van der Waals surface area contributed by atoms with Gasteiger partial charge in [-0.2, -0.15) is 13.2 Å². The Kier molecular flexibility index (Phi) is 5.47. The number of halogens is 3. The molecule has 1 amide bonds. The smallest absolute Gasteiger partial charge is 0.349 e. The van der Waals surface area contributed by atoms with E-state index in [1.54, 1.807) is 18.5 Å². The van der Waals surface area contributed by atoms with Gasteiger partial charge in [-0.25, -0.2) is 15.0 Å². The van der Waals surface area contributed by atoms with Gasteiger partial charge in [-0.05, 0) is 30.5 Å². The van der Waals surface area contributed by atoms with Gasteiger partial charge in [0, 0.05) is 24.1 Å². The second kappa shape index (κ2) is 8.02. The van der Waals surface area contributed by atoms with Gasteiger partial charge in [0.25, 0.3) is 5.91 Å². The van der Waals surface area contributed by atoms with Crippen LogP contribution in [0.2, 0.25) is 0 Å². The molecule has 33 heavy (non-hydrogen) atoms. The predicted octanol–water partition coefficient (Wildman–Crippen LogP) is 4.99. The molecule has 0 aliphatic heterocycles. The highest BCUT2D eigenvalue weighted by molar-refractivity contribution is 6.04. The van der Waals surface area contributed by atoms with Gasteiger partial charge in [0.15, 0.2) is 5.65 Å². The Labute approximate surface area is 188 Å². The maximum absolute atomic E-state index is 13.0. The first-order valence-electron chi connectivity index (χ1n) is 10.3. The van der Waals surface area contributed by atoms with Gasteiger partial charge in [0.1, 0.15) is 16.9 Å². The lowest BCUT2D eigenvalue weighted by Gasteiger charge is -2.27. The highest BCUT2D eigenvalue weighted by atomic mass is 19.4. The molecule has 0 aliphatic rings. The minimum atomic E-state index is -4.44. The Bertz CT molecular complexity index is 1320. The highest BCUT2D eigenvalue weighted by Gasteiger charge is 2.30. The van der Waals surface area contributed by atoms with Crippen molar-refractivity contribution in [1.29, 1.82) is 0 Å². The standard InChI is InChI=1S/C23H23F3N6O/c1-13(22(2,3)4)30-21(33)16-9-27-20-19(16)31-17(10-28-20)18-11-32(12-29-18)15-7-5-6-14(8-15)23(24,25)26/h5-13H,1-4H3,(H,27,28)(H,30,33)/t13-/m0/s1. The van der Waals surface area contributed by atoms with E-state index in [9.17, 15) is 18.0 Å². The molecule has 2 N–H and O–H groups in total. The van der Waals surface area contributed by atoms with E-state index in [4.69, 9.17) is 0 Å². The van der Waals surface area contributed by atoms with E-state index in [2.05, 4.69) is 25.3 Å². The zero-order chi connectivity index (χ0) is 24.0. The maximum Gasteiger partial charge on any atom is 0.416 e. The molecule has 0 bridgehead atoms. The SMILES string of the molecule is C[C@H](NC(=O)c1c[nH]c2ncc(-c3cn(-c4cccc(C(F)(F)F)c4)cn3)nc12)C(C)(C)C. The molecule has 172 valence electrons. The van der Waals surface area contributed by atoms with E-state index in [1.807, 2.05) is 27.7 Å². The number of benzene rings is 1. The summed E-state index contributed by atoms with van der Waals surface area (Å²) in [5, 5.41) is 2.98. The van der Waals surface area contributed by atoms with E-state index in [1.165, 1.54) is 23.2 Å². The Hall–Kier alpha value is -3.69. The molecule has 0 radical (unpaired) electrons. The third-order valence-corrected chi connectivity index (χ3v) is 5.59. The van der Waals surface area contributed by atoms with Crippen LogP contribution in [-0.4, -0.2) is 36.5 Å². The summed E-state index contributed by atoms with van der Waals surface area (Å²) in [6.45, 7) is 8.04. The number of hydrogen-bond acceptors (Lipinski definition) is 4. The van der Waals surface area contributed by atoms with Crippen LogP contribution in [0.4, 0.5) is 13.2 Å². The highest BCUT2D eigenvalue weighted by Crippen LogP contribution is 2.30. The summed E-state index contributed by atoms with van der Waals surface area (Å²) in [5.74, 6) is -0.274. The molecule has 0 fully saturated rings. The van der Waals surface area contributed by atoms with Crippen molar-refractivity contribution in [1.82, 2.24) is 29.8 Å². The van der Waals surface area contributed by atoms with Gasteiger partial charge >= 0.3 is 6.18 Å². The lowest BCUT2D eigenvalue weighted by atomic mass is 9.88. The summed E-state index contributed by atoms with van der Waals surface area (Å²) >= 11 is 0. The predicted molar refractivity (Wildman–Crippen MR) is 118 cm³/mol. The molecule has 0 aliphatic carbocycles. The summed E-state index contributed by atoms with van der Waals surface area (Å²) in [6.07, 6.45) is 1.59. The van der Waals surface area contributed by atoms with Crippen molar-refractivity contribution in [2.24, 2.45) is 5.41 Å². The van der Waals surface area contributed by atoms with E-state index in [0.29, 0.717) is 33.8 Å². The first-order chi connectivity index (χ1) is 15.4.